The number of nitrogens with two attached hydrogens (primary N) is 1. The number of hydrogen-bond acceptors (Lipinski definition) is 3. The summed E-state index contributed by atoms with van der Waals surface area (Å²) in [4.78, 5) is 12.9. The van der Waals surface area contributed by atoms with Gasteiger partial charge in [0.15, 0.2) is 0 Å². The van der Waals surface area contributed by atoms with E-state index in [0.29, 0.717) is 5.75 Å². The van der Waals surface area contributed by atoms with E-state index in [1.807, 2.05) is 39.0 Å². The van der Waals surface area contributed by atoms with Crippen molar-refractivity contribution in [1.82, 2.24) is 5.32 Å². The van der Waals surface area contributed by atoms with E-state index in [2.05, 4.69) is 12.2 Å². The summed E-state index contributed by atoms with van der Waals surface area (Å²) in [6.07, 6.45) is 0.917. The summed E-state index contributed by atoms with van der Waals surface area (Å²) in [5.41, 5.74) is 7.52. The lowest BCUT2D eigenvalue weighted by Gasteiger charge is -2.24. The van der Waals surface area contributed by atoms with Crippen molar-refractivity contribution < 1.29 is 4.79 Å². The van der Waals surface area contributed by atoms with E-state index in [1.54, 1.807) is 0 Å². The number of nitrogens with one attached hydrogen (secondary N) is 1. The highest BCUT2D eigenvalue weighted by molar-refractivity contribution is 8.00. The van der Waals surface area contributed by atoms with Gasteiger partial charge in [0.25, 0.3) is 0 Å². The molecule has 4 heteroatoms. The van der Waals surface area contributed by atoms with E-state index in [-0.39, 0.29) is 11.4 Å². The van der Waals surface area contributed by atoms with Crippen LogP contribution in [0.25, 0.3) is 0 Å². The summed E-state index contributed by atoms with van der Waals surface area (Å²) in [6, 6.07) is 5.78. The Bertz CT molecular complexity index is 430. The second kappa shape index (κ2) is 6.14. The molecule has 0 aliphatic heterocycles. The monoisotopic (exact) mass is 266 g/mol. The second-order valence-corrected chi connectivity index (χ2v) is 6.06. The maximum atomic E-state index is 11.8. The molecule has 1 aromatic rings. The molecule has 0 fully saturated rings. The van der Waals surface area contributed by atoms with Gasteiger partial charge in [-0.05, 0) is 44.9 Å². The summed E-state index contributed by atoms with van der Waals surface area (Å²) in [5, 5.41) is 3.02. The fourth-order valence-electron chi connectivity index (χ4n) is 1.43. The van der Waals surface area contributed by atoms with Crippen LogP contribution in [-0.2, 0) is 4.79 Å². The van der Waals surface area contributed by atoms with E-state index in [1.165, 1.54) is 11.8 Å². The molecule has 0 radical (unpaired) electrons. The van der Waals surface area contributed by atoms with Crippen molar-refractivity contribution in [3.05, 3.63) is 23.8 Å². The molecule has 0 spiro atoms. The van der Waals surface area contributed by atoms with Crippen LogP contribution < -0.4 is 11.1 Å². The van der Waals surface area contributed by atoms with Crippen molar-refractivity contribution in [2.75, 3.05) is 11.5 Å². The Balaban J connectivity index is 2.56. The Morgan fingerprint density at radius 1 is 1.44 bits per heavy atom. The molecule has 1 amide bonds. The van der Waals surface area contributed by atoms with Gasteiger partial charge >= 0.3 is 0 Å². The fraction of sp³-hybridized carbons (Fsp3) is 0.500. The van der Waals surface area contributed by atoms with Crippen LogP contribution in [0.1, 0.15) is 32.8 Å². The number of nitrogen functional groups attached to an aromatic ring is 1. The molecule has 0 heterocycles. The fourth-order valence-corrected chi connectivity index (χ4v) is 2.30. The van der Waals surface area contributed by atoms with Crippen molar-refractivity contribution in [3.8, 4) is 0 Å². The molecule has 3 nitrogen and oxygen atoms in total. The molecule has 0 aliphatic rings. The first-order chi connectivity index (χ1) is 8.35. The van der Waals surface area contributed by atoms with Gasteiger partial charge in [0.1, 0.15) is 0 Å². The van der Waals surface area contributed by atoms with Crippen LogP contribution in [0.2, 0.25) is 0 Å². The smallest absolute Gasteiger partial charge is 0.230 e. The van der Waals surface area contributed by atoms with Gasteiger partial charge in [-0.15, -0.1) is 11.8 Å². The Morgan fingerprint density at radius 3 is 2.72 bits per heavy atom. The number of hydrogen-bond donors (Lipinski definition) is 2. The molecule has 0 atom stereocenters. The van der Waals surface area contributed by atoms with Crippen LogP contribution in [0.4, 0.5) is 5.69 Å². The Labute approximate surface area is 114 Å². The van der Waals surface area contributed by atoms with Gasteiger partial charge in [0.05, 0.1) is 5.75 Å². The van der Waals surface area contributed by atoms with Crippen molar-refractivity contribution in [2.24, 2.45) is 0 Å². The number of benzene rings is 1. The third-order valence-corrected chi connectivity index (χ3v) is 4.21. The summed E-state index contributed by atoms with van der Waals surface area (Å²) in [6.45, 7) is 8.10. The quantitative estimate of drug-likeness (QED) is 0.636. The molecule has 1 aromatic carbocycles. The number of rotatable bonds is 5. The van der Waals surface area contributed by atoms with Gasteiger partial charge in [-0.3, -0.25) is 4.79 Å². The normalized spacial score (nSPS) is 11.3. The highest BCUT2D eigenvalue weighted by Crippen LogP contribution is 2.26. The zero-order chi connectivity index (χ0) is 13.8. The number of thioether (sulfide) groups is 1. The highest BCUT2D eigenvalue weighted by atomic mass is 32.2. The number of anilines is 1. The molecule has 100 valence electrons. The van der Waals surface area contributed by atoms with E-state index < -0.39 is 0 Å². The summed E-state index contributed by atoms with van der Waals surface area (Å²) in [7, 11) is 0. The maximum absolute atomic E-state index is 11.8. The topological polar surface area (TPSA) is 55.1 Å². The summed E-state index contributed by atoms with van der Waals surface area (Å²) < 4.78 is 0. The van der Waals surface area contributed by atoms with Crippen molar-refractivity contribution >= 4 is 23.4 Å². The standard InChI is InChI=1S/C14H22N2OS/c1-5-14(3,4)16-13(17)9-18-12-8-6-7-11(15)10(12)2/h6-8H,5,9,15H2,1-4H3,(H,16,17). The minimum absolute atomic E-state index is 0.0636. The zero-order valence-electron chi connectivity index (χ0n) is 11.5. The lowest BCUT2D eigenvalue weighted by molar-refractivity contribution is -0.120. The molecule has 0 saturated carbocycles. The van der Waals surface area contributed by atoms with Crippen LogP contribution in [0.15, 0.2) is 23.1 Å². The number of carbonyl (C=O) groups excluding carboxylic acids is 1. The molecule has 0 aromatic heterocycles. The van der Waals surface area contributed by atoms with Crippen LogP contribution in [0.3, 0.4) is 0 Å². The van der Waals surface area contributed by atoms with Crippen LogP contribution in [0.5, 0.6) is 0 Å². The molecular formula is C14H22N2OS. The van der Waals surface area contributed by atoms with Crippen molar-refractivity contribution in [1.29, 1.82) is 0 Å². The first kappa shape index (κ1) is 14.9. The average molecular weight is 266 g/mol. The van der Waals surface area contributed by atoms with Gasteiger partial charge in [-0.2, -0.15) is 0 Å². The highest BCUT2D eigenvalue weighted by Gasteiger charge is 2.17. The summed E-state index contributed by atoms with van der Waals surface area (Å²) in [5.74, 6) is 0.488. The minimum Gasteiger partial charge on any atom is -0.398 e. The SMILES string of the molecule is CCC(C)(C)NC(=O)CSc1cccc(N)c1C. The van der Waals surface area contributed by atoms with Gasteiger partial charge in [-0.25, -0.2) is 0 Å². The lowest BCUT2D eigenvalue weighted by Crippen LogP contribution is -2.43. The van der Waals surface area contributed by atoms with Crippen LogP contribution in [0, 0.1) is 6.92 Å². The van der Waals surface area contributed by atoms with Crippen LogP contribution in [-0.4, -0.2) is 17.2 Å². The van der Waals surface area contributed by atoms with Crippen molar-refractivity contribution in [2.45, 2.75) is 44.6 Å². The largest absolute Gasteiger partial charge is 0.398 e. The predicted molar refractivity (Wildman–Crippen MR) is 78.8 cm³/mol. The molecule has 0 saturated heterocycles. The molecule has 0 aliphatic carbocycles. The predicted octanol–water partition coefficient (Wildman–Crippen LogP) is 2.97. The minimum atomic E-state index is -0.137. The molecule has 0 bridgehead atoms. The lowest BCUT2D eigenvalue weighted by atomic mass is 10.0. The zero-order valence-corrected chi connectivity index (χ0v) is 12.4. The second-order valence-electron chi connectivity index (χ2n) is 5.04. The first-order valence-corrected chi connectivity index (χ1v) is 7.13. The van der Waals surface area contributed by atoms with E-state index in [4.69, 9.17) is 5.73 Å². The Morgan fingerprint density at radius 2 is 2.11 bits per heavy atom. The van der Waals surface area contributed by atoms with E-state index >= 15 is 0 Å². The Kier molecular flexibility index (Phi) is 5.08. The van der Waals surface area contributed by atoms with Gasteiger partial charge < -0.3 is 11.1 Å². The Hall–Kier alpha value is -1.16. The molecule has 18 heavy (non-hydrogen) atoms. The molecule has 1 rings (SSSR count). The number of carbonyl (C=O) groups is 1. The molecule has 3 N–H and O–H groups in total. The number of amides is 1. The van der Waals surface area contributed by atoms with Crippen molar-refractivity contribution in [3.63, 3.8) is 0 Å². The summed E-state index contributed by atoms with van der Waals surface area (Å²) >= 11 is 1.53. The average Bonchev–Trinajstić information content (AvgIpc) is 2.30. The van der Waals surface area contributed by atoms with Gasteiger partial charge in [0.2, 0.25) is 5.91 Å². The third kappa shape index (κ3) is 4.26. The van der Waals surface area contributed by atoms with E-state index in [9.17, 15) is 4.79 Å². The maximum Gasteiger partial charge on any atom is 0.230 e. The molecule has 0 unspecified atom stereocenters. The first-order valence-electron chi connectivity index (χ1n) is 6.14. The van der Waals surface area contributed by atoms with E-state index in [0.717, 1.165) is 22.6 Å². The van der Waals surface area contributed by atoms with Gasteiger partial charge in [0, 0.05) is 16.1 Å². The third-order valence-electron chi connectivity index (χ3n) is 3.05. The molecular weight excluding hydrogens is 244 g/mol. The van der Waals surface area contributed by atoms with Crippen LogP contribution >= 0.6 is 11.8 Å². The van der Waals surface area contributed by atoms with Gasteiger partial charge in [-0.1, -0.05) is 13.0 Å².